The van der Waals surface area contributed by atoms with E-state index >= 15 is 4.79 Å². The first kappa shape index (κ1) is 48.2. The predicted molar refractivity (Wildman–Crippen MR) is 258 cm³/mol. The van der Waals surface area contributed by atoms with Crippen LogP contribution in [-0.2, 0) is 48.0 Å². The van der Waals surface area contributed by atoms with Crippen LogP contribution in [0.1, 0.15) is 90.2 Å². The second kappa shape index (κ2) is 19.0. The van der Waals surface area contributed by atoms with Crippen molar-refractivity contribution >= 4 is 46.4 Å². The third-order valence-electron chi connectivity index (χ3n) is 14.1. The number of methoxy groups -OCH3 is 1. The van der Waals surface area contributed by atoms with Gasteiger partial charge < -0.3 is 40.2 Å². The van der Waals surface area contributed by atoms with E-state index in [4.69, 9.17) is 20.2 Å². The average Bonchev–Trinajstić information content (AvgIpc) is 4.06. The number of hydrogen-bond acceptors (Lipinski definition) is 12. The topological polar surface area (TPSA) is 202 Å². The summed E-state index contributed by atoms with van der Waals surface area (Å²) in [5.41, 5.74) is 14.6. The number of cyclic esters (lactones) is 1. The molecule has 5 heterocycles. The van der Waals surface area contributed by atoms with Crippen LogP contribution >= 0.6 is 11.8 Å². The standard InChI is InChI=1S/C51H65N7O8S/c1-9-57-39-15-13-31-24-36(39)37(45(57)35-12-10-18-53-43(35)29(4)65-8)25-50(5,6)27-66-49(64)51(41-26-67-41)17-11-19-58(55-51)48(63)38(22-30-20-32(31)23-33(59)21-30)54-46(61)44(28(2)3)56(7)47(62)34-14-16-40(60)42(34)52/h10,12-13,15,18,20-21,23-24,26,28-29,34,38,40,42,44,55,59-60H,9,11,14,16-17,19,22,25,27,52H2,1-8H3,(H,54,61)/t29-,34-,38-,40+,42-,44-,51-/m0/s1. The first-order valence-corrected chi connectivity index (χ1v) is 24.4. The molecule has 7 atom stereocenters. The molecule has 1 aliphatic carbocycles. The number of nitrogens with one attached hydrogen (secondary N) is 2. The Kier molecular flexibility index (Phi) is 13.7. The number of hydrazine groups is 1. The van der Waals surface area contributed by atoms with E-state index in [0.717, 1.165) is 43.9 Å². The molecule has 6 bridgehead atoms. The summed E-state index contributed by atoms with van der Waals surface area (Å²) in [6.45, 7) is 12.9. The van der Waals surface area contributed by atoms with Crippen molar-refractivity contribution in [2.24, 2.45) is 23.0 Å². The molecule has 2 fully saturated rings. The van der Waals surface area contributed by atoms with E-state index in [0.29, 0.717) is 49.8 Å². The van der Waals surface area contributed by atoms with Gasteiger partial charge in [-0.15, -0.1) is 0 Å². The number of phenols is 1. The second-order valence-corrected chi connectivity index (χ2v) is 20.8. The Labute approximate surface area is 396 Å². The van der Waals surface area contributed by atoms with Gasteiger partial charge in [0.2, 0.25) is 11.8 Å². The number of benzene rings is 2. The zero-order valence-electron chi connectivity index (χ0n) is 39.8. The van der Waals surface area contributed by atoms with Crippen LogP contribution in [-0.4, -0.2) is 110 Å². The molecule has 15 nitrogen and oxygen atoms in total. The van der Waals surface area contributed by atoms with E-state index in [1.807, 2.05) is 44.4 Å². The number of aromatic nitrogens is 2. The number of thioether (sulfide) groups is 1. The maximum atomic E-state index is 15.0. The Morgan fingerprint density at radius 1 is 1.12 bits per heavy atom. The number of amides is 3. The summed E-state index contributed by atoms with van der Waals surface area (Å²) in [4.78, 5) is 65.1. The average molecular weight is 936 g/mol. The number of rotatable bonds is 10. The molecule has 1 saturated carbocycles. The van der Waals surface area contributed by atoms with Gasteiger partial charge >= 0.3 is 5.97 Å². The highest BCUT2D eigenvalue weighted by atomic mass is 32.2. The highest BCUT2D eigenvalue weighted by Crippen LogP contribution is 2.48. The number of aliphatic hydroxyl groups excluding tert-OH is 1. The van der Waals surface area contributed by atoms with Gasteiger partial charge in [0.25, 0.3) is 5.91 Å². The largest absolute Gasteiger partial charge is 0.508 e. The number of phenolic OH excluding ortho intramolecular Hbond substituents is 1. The molecule has 0 unspecified atom stereocenters. The van der Waals surface area contributed by atoms with E-state index < -0.39 is 58.9 Å². The number of nitrogens with two attached hydrogens (primary N) is 1. The quantitative estimate of drug-likeness (QED) is 0.117. The minimum absolute atomic E-state index is 0.0164. The predicted octanol–water partition coefficient (Wildman–Crippen LogP) is 5.99. The Balaban J connectivity index is 1.25. The minimum Gasteiger partial charge on any atom is -0.508 e. The molecule has 1 saturated heterocycles. The Morgan fingerprint density at radius 3 is 2.55 bits per heavy atom. The summed E-state index contributed by atoms with van der Waals surface area (Å²) in [6, 6.07) is 12.5. The van der Waals surface area contributed by atoms with E-state index in [-0.39, 0.29) is 43.3 Å². The lowest BCUT2D eigenvalue weighted by Crippen LogP contribution is -2.67. The first-order valence-electron chi connectivity index (χ1n) is 23.5. The number of aliphatic hydroxyl groups is 1. The Hall–Kier alpha value is -5.26. The van der Waals surface area contributed by atoms with Crippen LogP contribution in [0.5, 0.6) is 5.75 Å². The molecule has 3 amide bonds. The number of aryl methyl sites for hydroxylation is 1. The van der Waals surface area contributed by atoms with Gasteiger partial charge in [0.1, 0.15) is 17.8 Å². The summed E-state index contributed by atoms with van der Waals surface area (Å²) < 4.78 is 14.5. The fourth-order valence-electron chi connectivity index (χ4n) is 10.5. The zero-order valence-corrected chi connectivity index (χ0v) is 40.6. The van der Waals surface area contributed by atoms with Gasteiger partial charge in [0.15, 0.2) is 5.54 Å². The van der Waals surface area contributed by atoms with Gasteiger partial charge in [-0.3, -0.25) is 24.4 Å². The Morgan fingerprint density at radius 2 is 1.88 bits per heavy atom. The monoisotopic (exact) mass is 935 g/mol. The lowest BCUT2D eigenvalue weighted by atomic mass is 9.83. The molecule has 2 aromatic heterocycles. The van der Waals surface area contributed by atoms with Crippen molar-refractivity contribution in [1.82, 2.24) is 30.2 Å². The van der Waals surface area contributed by atoms with Gasteiger partial charge in [0, 0.05) is 72.7 Å². The van der Waals surface area contributed by atoms with Gasteiger partial charge in [-0.25, -0.2) is 10.2 Å². The molecule has 6 N–H and O–H groups in total. The van der Waals surface area contributed by atoms with Crippen molar-refractivity contribution in [3.63, 3.8) is 0 Å². The number of nitrogens with zero attached hydrogens (tertiary/aromatic N) is 4. The van der Waals surface area contributed by atoms with Gasteiger partial charge in [0.05, 0.1) is 36.1 Å². The molecular weight excluding hydrogens is 871 g/mol. The van der Waals surface area contributed by atoms with Crippen LogP contribution in [0, 0.1) is 17.3 Å². The summed E-state index contributed by atoms with van der Waals surface area (Å²) >= 11 is 1.43. The lowest BCUT2D eigenvalue weighted by Gasteiger charge is -2.42. The summed E-state index contributed by atoms with van der Waals surface area (Å²) in [7, 11) is 3.23. The molecule has 8 rings (SSSR count). The van der Waals surface area contributed by atoms with E-state index in [9.17, 15) is 24.6 Å². The van der Waals surface area contributed by atoms with E-state index in [2.05, 4.69) is 54.3 Å². The molecule has 4 aliphatic rings. The number of aromatic hydroxyl groups is 1. The summed E-state index contributed by atoms with van der Waals surface area (Å²) in [5, 5.41) is 29.1. The number of carbonyl (C=O) groups excluding carboxylic acids is 4. The number of pyridine rings is 1. The molecule has 4 aromatic rings. The lowest BCUT2D eigenvalue weighted by molar-refractivity contribution is -0.160. The highest BCUT2D eigenvalue weighted by molar-refractivity contribution is 8.12. The molecule has 0 spiro atoms. The summed E-state index contributed by atoms with van der Waals surface area (Å²) in [6.07, 6.45) is 2.82. The van der Waals surface area contributed by atoms with Gasteiger partial charge in [-0.05, 0) is 116 Å². The fourth-order valence-corrected chi connectivity index (χ4v) is 11.2. The number of esters is 1. The summed E-state index contributed by atoms with van der Waals surface area (Å²) in [5.74, 6) is -2.92. The van der Waals surface area contributed by atoms with Crippen molar-refractivity contribution in [2.75, 3.05) is 27.3 Å². The third kappa shape index (κ3) is 9.35. The Bertz CT molecular complexity index is 2610. The number of likely N-dealkylation sites (N-methyl/N-ethyl adjacent to an activating group) is 1. The molecular formula is C51H65N7O8S. The molecule has 358 valence electrons. The third-order valence-corrected chi connectivity index (χ3v) is 14.9. The van der Waals surface area contributed by atoms with Crippen LogP contribution in [0.2, 0.25) is 0 Å². The molecule has 0 radical (unpaired) electrons. The van der Waals surface area contributed by atoms with Crippen molar-refractivity contribution in [3.05, 3.63) is 81.9 Å². The molecule has 3 aliphatic heterocycles. The van der Waals surface area contributed by atoms with Crippen LogP contribution in [0.25, 0.3) is 33.3 Å². The van der Waals surface area contributed by atoms with Crippen LogP contribution < -0.4 is 16.5 Å². The van der Waals surface area contributed by atoms with Crippen LogP contribution in [0.15, 0.2) is 65.0 Å². The minimum atomic E-state index is -1.33. The fraction of sp³-hybridized carbons (Fsp3) is 0.510. The van der Waals surface area contributed by atoms with E-state index in [1.165, 1.54) is 21.7 Å². The number of fused-ring (bicyclic) bond motifs is 6. The van der Waals surface area contributed by atoms with Crippen LogP contribution in [0.4, 0.5) is 0 Å². The number of ether oxygens (including phenoxy) is 2. The smallest absolute Gasteiger partial charge is 0.333 e. The van der Waals surface area contributed by atoms with Gasteiger partial charge in [-0.1, -0.05) is 51.6 Å². The van der Waals surface area contributed by atoms with Crippen molar-refractivity contribution in [1.29, 1.82) is 0 Å². The maximum Gasteiger partial charge on any atom is 0.333 e. The van der Waals surface area contributed by atoms with Gasteiger partial charge in [-0.2, -0.15) is 0 Å². The number of carbonyl (C=O) groups is 4. The highest BCUT2D eigenvalue weighted by Gasteiger charge is 2.52. The second-order valence-electron chi connectivity index (χ2n) is 19.9. The zero-order chi connectivity index (χ0) is 48.1. The normalized spacial score (nSPS) is 25.0. The van der Waals surface area contributed by atoms with Crippen molar-refractivity contribution in [3.8, 4) is 28.1 Å². The first-order chi connectivity index (χ1) is 31.9. The molecule has 16 heteroatoms. The molecule has 2 aromatic carbocycles. The van der Waals surface area contributed by atoms with Crippen molar-refractivity contribution < 1.29 is 38.9 Å². The maximum absolute atomic E-state index is 15.0. The SMILES string of the molecule is CCn1c(-c2cccnc2[C@H](C)OC)c2c3cc(ccc31)-c1cc(O)cc(c1)C[C@H](NC(=O)[C@H](C(C)C)N(C)C(=O)[C@H]1CC[C@@H](O)[C@H]1N)C(=O)N1CCC[C@@](C3=CS3)(N1)C(=O)OCC(C)(C)C2. The molecule has 67 heavy (non-hydrogen) atoms. The number of hydrogen-bond donors (Lipinski definition) is 5. The van der Waals surface area contributed by atoms with Crippen LogP contribution in [0.3, 0.4) is 0 Å². The van der Waals surface area contributed by atoms with Crippen molar-refractivity contribution in [2.45, 2.75) is 122 Å². The van der Waals surface area contributed by atoms with E-state index in [1.54, 1.807) is 32.5 Å².